The van der Waals surface area contributed by atoms with Gasteiger partial charge in [-0.2, -0.15) is 27.1 Å². The Hall–Kier alpha value is -2.63. The standard InChI is InChI=1S/C15H12F6N6/c16-9-5-8(14(17,18)15(19,20)21)6-10-11(9)25-13(12-23-7-24-27(10)12)26-3-1-22-2-4-26/h5-7,22H,1-4H2. The van der Waals surface area contributed by atoms with Crippen LogP contribution in [-0.4, -0.2) is 51.9 Å². The lowest BCUT2D eigenvalue weighted by molar-refractivity contribution is -0.289. The second kappa shape index (κ2) is 5.94. The van der Waals surface area contributed by atoms with Crippen molar-refractivity contribution in [1.82, 2.24) is 24.9 Å². The van der Waals surface area contributed by atoms with Gasteiger partial charge in [0.1, 0.15) is 11.8 Å². The molecule has 3 aromatic rings. The molecule has 1 aromatic carbocycles. The van der Waals surface area contributed by atoms with Gasteiger partial charge < -0.3 is 10.2 Å². The Morgan fingerprint density at radius 1 is 1.04 bits per heavy atom. The molecule has 1 fully saturated rings. The third kappa shape index (κ3) is 2.74. The molecule has 1 N–H and O–H groups in total. The lowest BCUT2D eigenvalue weighted by atomic mass is 10.1. The fourth-order valence-corrected chi connectivity index (χ4v) is 3.02. The minimum atomic E-state index is -5.86. The Bertz CT molecular complexity index is 1010. The van der Waals surface area contributed by atoms with Gasteiger partial charge in [-0.15, -0.1) is 0 Å². The van der Waals surface area contributed by atoms with Crippen molar-refractivity contribution in [2.24, 2.45) is 0 Å². The van der Waals surface area contributed by atoms with E-state index in [0.29, 0.717) is 32.2 Å². The molecular formula is C15H12F6N6. The second-order valence-corrected chi connectivity index (χ2v) is 6.07. The van der Waals surface area contributed by atoms with Gasteiger partial charge >= 0.3 is 12.1 Å². The van der Waals surface area contributed by atoms with Crippen molar-refractivity contribution in [2.45, 2.75) is 12.1 Å². The van der Waals surface area contributed by atoms with E-state index in [-0.39, 0.29) is 28.6 Å². The molecule has 6 nitrogen and oxygen atoms in total. The molecule has 0 aliphatic carbocycles. The van der Waals surface area contributed by atoms with Crippen molar-refractivity contribution < 1.29 is 26.3 Å². The molecular weight excluding hydrogens is 378 g/mol. The van der Waals surface area contributed by atoms with Crippen molar-refractivity contribution >= 4 is 22.5 Å². The van der Waals surface area contributed by atoms with Crippen LogP contribution in [0.5, 0.6) is 0 Å². The summed E-state index contributed by atoms with van der Waals surface area (Å²) in [4.78, 5) is 9.98. The van der Waals surface area contributed by atoms with Crippen LogP contribution in [0.15, 0.2) is 18.5 Å². The number of aromatic nitrogens is 4. The van der Waals surface area contributed by atoms with Crippen molar-refractivity contribution in [3.8, 4) is 0 Å². The van der Waals surface area contributed by atoms with Gasteiger partial charge in [0, 0.05) is 31.7 Å². The highest BCUT2D eigenvalue weighted by Gasteiger charge is 2.59. The van der Waals surface area contributed by atoms with Crippen LogP contribution in [0, 0.1) is 5.82 Å². The molecule has 0 saturated carbocycles. The molecule has 1 aliphatic rings. The Kier molecular flexibility index (Phi) is 3.91. The number of rotatable bonds is 2. The molecule has 0 unspecified atom stereocenters. The van der Waals surface area contributed by atoms with E-state index in [1.807, 2.05) is 4.90 Å². The highest BCUT2D eigenvalue weighted by molar-refractivity contribution is 5.83. The van der Waals surface area contributed by atoms with Crippen LogP contribution in [0.1, 0.15) is 5.56 Å². The Morgan fingerprint density at radius 2 is 1.74 bits per heavy atom. The van der Waals surface area contributed by atoms with Crippen LogP contribution in [0.25, 0.3) is 16.7 Å². The Morgan fingerprint density at radius 3 is 2.41 bits per heavy atom. The molecule has 144 valence electrons. The molecule has 1 saturated heterocycles. The van der Waals surface area contributed by atoms with Gasteiger partial charge in [0.25, 0.3) is 0 Å². The van der Waals surface area contributed by atoms with Gasteiger partial charge in [-0.25, -0.2) is 18.9 Å². The molecule has 27 heavy (non-hydrogen) atoms. The number of anilines is 1. The minimum absolute atomic E-state index is 0.149. The van der Waals surface area contributed by atoms with E-state index < -0.39 is 23.5 Å². The zero-order valence-electron chi connectivity index (χ0n) is 13.6. The van der Waals surface area contributed by atoms with E-state index in [2.05, 4.69) is 20.4 Å². The Balaban J connectivity index is 1.96. The first-order valence-corrected chi connectivity index (χ1v) is 7.94. The van der Waals surface area contributed by atoms with Crippen LogP contribution in [0.2, 0.25) is 0 Å². The van der Waals surface area contributed by atoms with Crippen LogP contribution in [-0.2, 0) is 5.92 Å². The highest BCUT2D eigenvalue weighted by atomic mass is 19.4. The summed E-state index contributed by atoms with van der Waals surface area (Å²) >= 11 is 0. The summed E-state index contributed by atoms with van der Waals surface area (Å²) in [5.74, 6) is -6.22. The first kappa shape index (κ1) is 17.8. The molecule has 0 bridgehead atoms. The molecule has 0 atom stereocenters. The van der Waals surface area contributed by atoms with Gasteiger partial charge in [-0.3, -0.25) is 0 Å². The van der Waals surface area contributed by atoms with E-state index >= 15 is 0 Å². The summed E-state index contributed by atoms with van der Waals surface area (Å²) in [7, 11) is 0. The average molecular weight is 390 g/mol. The maximum atomic E-state index is 14.5. The van der Waals surface area contributed by atoms with Gasteiger partial charge in [0.05, 0.1) is 5.52 Å². The maximum absolute atomic E-state index is 14.5. The molecule has 12 heteroatoms. The third-order valence-corrected chi connectivity index (χ3v) is 4.37. The largest absolute Gasteiger partial charge is 0.458 e. The quantitative estimate of drug-likeness (QED) is 0.682. The molecule has 0 radical (unpaired) electrons. The average Bonchev–Trinajstić information content (AvgIpc) is 3.11. The number of nitrogens with one attached hydrogen (secondary N) is 1. The van der Waals surface area contributed by atoms with Crippen LogP contribution >= 0.6 is 0 Å². The number of hydrogen-bond acceptors (Lipinski definition) is 5. The first-order valence-electron chi connectivity index (χ1n) is 7.94. The van der Waals surface area contributed by atoms with E-state index in [9.17, 15) is 26.3 Å². The highest BCUT2D eigenvalue weighted by Crippen LogP contribution is 2.44. The fourth-order valence-electron chi connectivity index (χ4n) is 3.02. The number of hydrogen-bond donors (Lipinski definition) is 1. The normalized spacial score (nSPS) is 16.4. The van der Waals surface area contributed by atoms with Gasteiger partial charge in [-0.1, -0.05) is 0 Å². The summed E-state index contributed by atoms with van der Waals surface area (Å²) in [6.07, 6.45) is -4.75. The predicted molar refractivity (Wildman–Crippen MR) is 83.3 cm³/mol. The van der Waals surface area contributed by atoms with Crippen molar-refractivity contribution in [2.75, 3.05) is 31.1 Å². The van der Waals surface area contributed by atoms with Crippen LogP contribution in [0.3, 0.4) is 0 Å². The molecule has 4 rings (SSSR count). The smallest absolute Gasteiger partial charge is 0.351 e. The molecule has 2 aromatic heterocycles. The van der Waals surface area contributed by atoms with Gasteiger partial charge in [0.15, 0.2) is 17.3 Å². The van der Waals surface area contributed by atoms with E-state index in [1.165, 1.54) is 0 Å². The zero-order valence-corrected chi connectivity index (χ0v) is 13.6. The van der Waals surface area contributed by atoms with E-state index in [0.717, 1.165) is 10.8 Å². The maximum Gasteiger partial charge on any atom is 0.458 e. The topological polar surface area (TPSA) is 58.4 Å². The summed E-state index contributed by atoms with van der Waals surface area (Å²) in [6.45, 7) is 2.40. The van der Waals surface area contributed by atoms with Gasteiger partial charge in [-0.05, 0) is 12.1 Å². The molecule has 0 amide bonds. The lowest BCUT2D eigenvalue weighted by Gasteiger charge is -2.28. The number of alkyl halides is 5. The van der Waals surface area contributed by atoms with Gasteiger partial charge in [0.2, 0.25) is 0 Å². The summed E-state index contributed by atoms with van der Waals surface area (Å²) < 4.78 is 80.9. The first-order chi connectivity index (χ1) is 12.7. The number of nitrogens with zero attached hydrogens (tertiary/aromatic N) is 5. The monoisotopic (exact) mass is 390 g/mol. The number of halogens is 6. The SMILES string of the molecule is Fc1cc(C(F)(F)C(F)(F)F)cc2c1nc(N1CCNCC1)c1ncnn12. The van der Waals surface area contributed by atoms with Crippen LogP contribution in [0.4, 0.5) is 32.2 Å². The second-order valence-electron chi connectivity index (χ2n) is 6.07. The summed E-state index contributed by atoms with van der Waals surface area (Å²) in [5, 5.41) is 7.00. The fraction of sp³-hybridized carbons (Fsp3) is 0.400. The summed E-state index contributed by atoms with van der Waals surface area (Å²) in [5.41, 5.74) is -2.05. The molecule has 3 heterocycles. The third-order valence-electron chi connectivity index (χ3n) is 4.37. The van der Waals surface area contributed by atoms with Crippen molar-refractivity contribution in [3.63, 3.8) is 0 Å². The predicted octanol–water partition coefficient (Wildman–Crippen LogP) is 2.48. The number of benzene rings is 1. The minimum Gasteiger partial charge on any atom is -0.351 e. The van der Waals surface area contributed by atoms with E-state index in [1.54, 1.807) is 0 Å². The number of fused-ring (bicyclic) bond motifs is 3. The van der Waals surface area contributed by atoms with Crippen LogP contribution < -0.4 is 10.2 Å². The van der Waals surface area contributed by atoms with Crippen molar-refractivity contribution in [1.29, 1.82) is 0 Å². The summed E-state index contributed by atoms with van der Waals surface area (Å²) in [6, 6.07) is 0.704. The van der Waals surface area contributed by atoms with E-state index in [4.69, 9.17) is 0 Å². The Labute approximate surface area is 147 Å². The van der Waals surface area contributed by atoms with Crippen molar-refractivity contribution in [3.05, 3.63) is 29.8 Å². The molecule has 1 aliphatic heterocycles. The number of piperazine rings is 1. The lowest BCUT2D eigenvalue weighted by Crippen LogP contribution is -2.44. The zero-order chi connectivity index (χ0) is 19.4. The molecule has 0 spiro atoms.